The Bertz CT molecular complexity index is 1530. The average molecular weight is 692 g/mol. The highest BCUT2D eigenvalue weighted by molar-refractivity contribution is 6.90. The van der Waals surface area contributed by atoms with Crippen molar-refractivity contribution in [3.8, 4) is 34.1 Å². The minimum atomic E-state index is -2.13. The third-order valence-corrected chi connectivity index (χ3v) is 17.5. The molecule has 0 saturated heterocycles. The van der Waals surface area contributed by atoms with Crippen molar-refractivity contribution in [1.29, 1.82) is 0 Å². The Hall–Kier alpha value is -3.44. The number of rotatable bonds is 18. The van der Waals surface area contributed by atoms with E-state index >= 15 is 0 Å². The summed E-state index contributed by atoms with van der Waals surface area (Å²) in [7, 11) is 0.788. The molecule has 0 amide bonds. The largest absolute Gasteiger partial charge is 0.493 e. The normalized spacial score (nSPS) is 12.0. The van der Waals surface area contributed by atoms with E-state index in [9.17, 15) is 0 Å². The van der Waals surface area contributed by atoms with Gasteiger partial charge in [-0.15, -0.1) is 0 Å². The first-order valence-electron chi connectivity index (χ1n) is 17.1. The molecule has 0 aliphatic rings. The first kappa shape index (κ1) is 39.0. The van der Waals surface area contributed by atoms with Crippen LogP contribution in [-0.4, -0.2) is 50.9 Å². The molecule has 0 aliphatic heterocycles. The summed E-state index contributed by atoms with van der Waals surface area (Å²) in [6.45, 7) is 22.3. The van der Waals surface area contributed by atoms with Gasteiger partial charge in [-0.2, -0.15) is 0 Å². The quantitative estimate of drug-likeness (QED) is 0.0573. The lowest BCUT2D eigenvalue weighted by Crippen LogP contribution is -2.48. The highest BCUT2D eigenvalue weighted by Gasteiger charge is 2.45. The summed E-state index contributed by atoms with van der Waals surface area (Å²) in [5, 5.41) is 5.05. The number of nitrogens with zero attached hydrogens (tertiary/aromatic N) is 3. The summed E-state index contributed by atoms with van der Waals surface area (Å²) in [6.07, 6.45) is 1.24. The summed E-state index contributed by atoms with van der Waals surface area (Å²) in [5.74, 6) is 2.76. The van der Waals surface area contributed by atoms with Crippen molar-refractivity contribution >= 4 is 21.6 Å². The average Bonchev–Trinajstić information content (AvgIpc) is 3.04. The number of benzene rings is 3. The Morgan fingerprint density at radius 1 is 0.750 bits per heavy atom. The van der Waals surface area contributed by atoms with E-state index in [4.69, 9.17) is 28.9 Å². The second kappa shape index (κ2) is 17.3. The molecule has 0 heterocycles. The van der Waals surface area contributed by atoms with E-state index in [0.717, 1.165) is 39.3 Å². The Balaban J connectivity index is 2.37. The van der Waals surface area contributed by atoms with Crippen LogP contribution in [0.3, 0.4) is 0 Å². The molecule has 0 aromatic heterocycles. The summed E-state index contributed by atoms with van der Waals surface area (Å²) in [4.78, 5) is 3.02. The van der Waals surface area contributed by atoms with Crippen molar-refractivity contribution in [3.05, 3.63) is 75.7 Å². The highest BCUT2D eigenvalue weighted by Crippen LogP contribution is 2.44. The predicted octanol–water partition coefficient (Wildman–Crippen LogP) is 10.1. The van der Waals surface area contributed by atoms with Gasteiger partial charge in [0.25, 0.3) is 0 Å². The van der Waals surface area contributed by atoms with Gasteiger partial charge in [0.1, 0.15) is 6.61 Å². The topological polar surface area (TPSA) is 94.9 Å². The van der Waals surface area contributed by atoms with Crippen LogP contribution in [0.25, 0.3) is 21.6 Å². The fraction of sp³-hybridized carbons (Fsp3) is 0.526. The minimum absolute atomic E-state index is 0.320. The van der Waals surface area contributed by atoms with Crippen LogP contribution in [0.1, 0.15) is 58.2 Å². The molecular weight excluding hydrogens is 635 g/mol. The molecule has 0 N–H and O–H groups in total. The number of methoxy groups -OCH3 is 3. The SMILES string of the molecule is COc1cc(CCN=[N+]=[N-])c(-c2c(CCO[Si](C(C)C)(C(C)C)C(C)C)cc(OCc3ccccc3)c(OC)c2[Si](C)(C)C)cc1OC. The second-order valence-electron chi connectivity index (χ2n) is 14.3. The number of ether oxygens (including phenoxy) is 4. The fourth-order valence-electron chi connectivity index (χ4n) is 7.37. The first-order valence-corrected chi connectivity index (χ1v) is 22.7. The lowest BCUT2D eigenvalue weighted by molar-refractivity contribution is 0.278. The van der Waals surface area contributed by atoms with Crippen LogP contribution in [0.4, 0.5) is 0 Å². The Kier molecular flexibility index (Phi) is 14.0. The second-order valence-corrected chi connectivity index (χ2v) is 24.8. The van der Waals surface area contributed by atoms with E-state index < -0.39 is 16.4 Å². The molecule has 0 spiro atoms. The summed E-state index contributed by atoms with van der Waals surface area (Å²) in [6, 6.07) is 16.4. The van der Waals surface area contributed by atoms with Crippen molar-refractivity contribution in [2.75, 3.05) is 34.5 Å². The predicted molar refractivity (Wildman–Crippen MR) is 204 cm³/mol. The van der Waals surface area contributed by atoms with E-state index in [1.54, 1.807) is 21.3 Å². The lowest BCUT2D eigenvalue weighted by atomic mass is 9.91. The number of hydrogen-bond donors (Lipinski definition) is 0. The Morgan fingerprint density at radius 3 is 1.85 bits per heavy atom. The van der Waals surface area contributed by atoms with Crippen molar-refractivity contribution in [2.24, 2.45) is 5.11 Å². The molecule has 0 fully saturated rings. The lowest BCUT2D eigenvalue weighted by Gasteiger charge is -2.42. The highest BCUT2D eigenvalue weighted by atomic mass is 28.4. The van der Waals surface area contributed by atoms with Crippen LogP contribution in [-0.2, 0) is 23.9 Å². The molecule has 8 nitrogen and oxygen atoms in total. The molecule has 48 heavy (non-hydrogen) atoms. The third-order valence-electron chi connectivity index (χ3n) is 9.37. The molecule has 0 unspecified atom stereocenters. The van der Waals surface area contributed by atoms with Gasteiger partial charge in [0.05, 0.1) is 29.4 Å². The van der Waals surface area contributed by atoms with Gasteiger partial charge in [-0.25, -0.2) is 0 Å². The number of hydrogen-bond acceptors (Lipinski definition) is 6. The maximum absolute atomic E-state index is 9.10. The molecule has 0 aliphatic carbocycles. The molecule has 262 valence electrons. The van der Waals surface area contributed by atoms with Crippen molar-refractivity contribution < 1.29 is 23.4 Å². The van der Waals surface area contributed by atoms with Gasteiger partial charge in [0, 0.05) is 18.1 Å². The maximum Gasteiger partial charge on any atom is 0.200 e. The molecule has 3 aromatic rings. The van der Waals surface area contributed by atoms with Gasteiger partial charge in [-0.3, -0.25) is 0 Å². The molecule has 3 rings (SSSR count). The molecule has 3 aromatic carbocycles. The monoisotopic (exact) mass is 691 g/mol. The molecule has 0 bridgehead atoms. The molecule has 0 radical (unpaired) electrons. The summed E-state index contributed by atoms with van der Waals surface area (Å²) < 4.78 is 31.6. The van der Waals surface area contributed by atoms with Crippen LogP contribution in [0, 0.1) is 0 Å². The van der Waals surface area contributed by atoms with E-state index in [1.165, 1.54) is 5.19 Å². The van der Waals surface area contributed by atoms with Crippen LogP contribution >= 0.6 is 0 Å². The zero-order valence-electron chi connectivity index (χ0n) is 31.3. The first-order chi connectivity index (χ1) is 22.8. The van der Waals surface area contributed by atoms with E-state index in [1.807, 2.05) is 24.3 Å². The van der Waals surface area contributed by atoms with Crippen LogP contribution in [0.15, 0.2) is 53.6 Å². The van der Waals surface area contributed by atoms with Crippen molar-refractivity contribution in [1.82, 2.24) is 0 Å². The van der Waals surface area contributed by atoms with Gasteiger partial charge in [0.15, 0.2) is 31.3 Å². The van der Waals surface area contributed by atoms with E-state index in [2.05, 4.69) is 95.5 Å². The van der Waals surface area contributed by atoms with E-state index in [-0.39, 0.29) is 0 Å². The standard InChI is InChI=1S/C38H57N3O5Si2/c1-26(2)48(27(3)4,28(5)6)46-21-19-31-23-35(45-25-29-16-14-13-15-17-29)37(44-9)38(47(10,11)12)36(31)32-24-34(43-8)33(42-7)22-30(32)18-20-40-41-39/h13-17,22-24,26-28H,18-21,25H2,1-12H3. The minimum Gasteiger partial charge on any atom is -0.493 e. The summed E-state index contributed by atoms with van der Waals surface area (Å²) >= 11 is 0. The zero-order chi connectivity index (χ0) is 35.6. The van der Waals surface area contributed by atoms with Gasteiger partial charge in [-0.1, -0.05) is 96.6 Å². The van der Waals surface area contributed by atoms with Crippen molar-refractivity contribution in [2.45, 2.75) is 97.3 Å². The van der Waals surface area contributed by atoms with Crippen LogP contribution < -0.4 is 24.1 Å². The molecule has 10 heteroatoms. The van der Waals surface area contributed by atoms with Crippen molar-refractivity contribution in [3.63, 3.8) is 0 Å². The molecule has 0 atom stereocenters. The van der Waals surface area contributed by atoms with Crippen LogP contribution in [0.2, 0.25) is 36.3 Å². The van der Waals surface area contributed by atoms with E-state index in [0.29, 0.717) is 60.7 Å². The van der Waals surface area contributed by atoms with Gasteiger partial charge >= 0.3 is 0 Å². The molecular formula is C38H57N3O5Si2. The van der Waals surface area contributed by atoms with Gasteiger partial charge in [0.2, 0.25) is 0 Å². The smallest absolute Gasteiger partial charge is 0.200 e. The molecule has 0 saturated carbocycles. The fourth-order valence-corrected chi connectivity index (χ4v) is 14.8. The Morgan fingerprint density at radius 2 is 1.33 bits per heavy atom. The third kappa shape index (κ3) is 8.77. The number of azide groups is 1. The zero-order valence-corrected chi connectivity index (χ0v) is 33.3. The van der Waals surface area contributed by atoms with Gasteiger partial charge < -0.3 is 23.4 Å². The van der Waals surface area contributed by atoms with Gasteiger partial charge in [-0.05, 0) is 86.2 Å². The summed E-state index contributed by atoms with van der Waals surface area (Å²) in [5.41, 5.74) is 15.9. The maximum atomic E-state index is 9.10. The Labute approximate surface area is 290 Å². The van der Waals surface area contributed by atoms with Crippen LogP contribution in [0.5, 0.6) is 23.0 Å².